The molecule has 1 fully saturated rings. The van der Waals surface area contributed by atoms with Crippen molar-refractivity contribution in [2.45, 2.75) is 18.9 Å². The van der Waals surface area contributed by atoms with Crippen LogP contribution in [0.3, 0.4) is 0 Å². The number of esters is 1. The molecule has 0 saturated carbocycles. The van der Waals surface area contributed by atoms with Crippen molar-refractivity contribution in [2.24, 2.45) is 0 Å². The lowest BCUT2D eigenvalue weighted by molar-refractivity contribution is -0.146. The van der Waals surface area contributed by atoms with Crippen LogP contribution in [0.5, 0.6) is 0 Å². The lowest BCUT2D eigenvalue weighted by atomic mass is 10.2. The van der Waals surface area contributed by atoms with E-state index in [2.05, 4.69) is 11.8 Å². The van der Waals surface area contributed by atoms with Gasteiger partial charge in [-0.05, 0) is 12.8 Å². The second-order valence-corrected chi connectivity index (χ2v) is 3.42. The fraction of sp³-hybridized carbons (Fsp3) is 0.500. The molecule has 0 aliphatic carbocycles. The van der Waals surface area contributed by atoms with E-state index in [4.69, 9.17) is 22.3 Å². The predicted molar refractivity (Wildman–Crippen MR) is 59.7 cm³/mol. The van der Waals surface area contributed by atoms with Gasteiger partial charge in [-0.1, -0.05) is 11.8 Å². The third-order valence-electron chi connectivity index (χ3n) is 2.34. The van der Waals surface area contributed by atoms with Crippen molar-refractivity contribution >= 4 is 12.1 Å². The molecule has 1 heterocycles. The average Bonchev–Trinajstić information content (AvgIpc) is 2.82. The number of carbonyl (C=O) groups is 2. The van der Waals surface area contributed by atoms with Gasteiger partial charge in [-0.2, -0.15) is 0 Å². The molecule has 1 unspecified atom stereocenters. The zero-order valence-corrected chi connectivity index (χ0v) is 9.35. The van der Waals surface area contributed by atoms with Crippen LogP contribution in [0.4, 0.5) is 4.79 Å². The molecule has 1 rings (SSSR count). The average molecular weight is 235 g/mol. The van der Waals surface area contributed by atoms with Gasteiger partial charge < -0.3 is 9.47 Å². The van der Waals surface area contributed by atoms with Gasteiger partial charge in [-0.15, -0.1) is 12.8 Å². The molecule has 5 heteroatoms. The molecule has 1 amide bonds. The van der Waals surface area contributed by atoms with Crippen molar-refractivity contribution < 1.29 is 19.1 Å². The molecule has 0 radical (unpaired) electrons. The van der Waals surface area contributed by atoms with Crippen molar-refractivity contribution in [3.05, 3.63) is 0 Å². The zero-order valence-electron chi connectivity index (χ0n) is 9.35. The maximum atomic E-state index is 11.6. The Morgan fingerprint density at radius 2 is 1.88 bits per heavy atom. The number of amides is 1. The largest absolute Gasteiger partial charge is 0.451 e. The quantitative estimate of drug-likeness (QED) is 0.524. The van der Waals surface area contributed by atoms with Crippen LogP contribution >= 0.6 is 0 Å². The van der Waals surface area contributed by atoms with Gasteiger partial charge >= 0.3 is 12.1 Å². The molecule has 0 aromatic rings. The second kappa shape index (κ2) is 6.44. The van der Waals surface area contributed by atoms with E-state index in [-0.39, 0.29) is 13.2 Å². The number of likely N-dealkylation sites (tertiary alicyclic amines) is 1. The molecule has 5 nitrogen and oxygen atoms in total. The first-order valence-electron chi connectivity index (χ1n) is 5.17. The van der Waals surface area contributed by atoms with Crippen LogP contribution in [0, 0.1) is 24.7 Å². The summed E-state index contributed by atoms with van der Waals surface area (Å²) in [5, 5.41) is 0. The van der Waals surface area contributed by atoms with Gasteiger partial charge in [0.05, 0.1) is 0 Å². The fourth-order valence-electron chi connectivity index (χ4n) is 1.63. The Balaban J connectivity index is 2.54. The second-order valence-electron chi connectivity index (χ2n) is 3.42. The van der Waals surface area contributed by atoms with E-state index in [1.165, 1.54) is 4.90 Å². The Morgan fingerprint density at radius 3 is 2.53 bits per heavy atom. The van der Waals surface area contributed by atoms with E-state index in [1.54, 1.807) is 0 Å². The lowest BCUT2D eigenvalue weighted by Crippen LogP contribution is -2.41. The molecule has 0 aromatic carbocycles. The van der Waals surface area contributed by atoms with Crippen LogP contribution in [-0.2, 0) is 14.3 Å². The fourth-order valence-corrected chi connectivity index (χ4v) is 1.63. The Bertz CT molecular complexity index is 341. The Morgan fingerprint density at radius 1 is 1.24 bits per heavy atom. The number of carbonyl (C=O) groups excluding carboxylic acids is 2. The summed E-state index contributed by atoms with van der Waals surface area (Å²) in [7, 11) is 0. The minimum Gasteiger partial charge on any atom is -0.451 e. The molecule has 1 aliphatic rings. The van der Waals surface area contributed by atoms with Crippen molar-refractivity contribution in [3.8, 4) is 24.7 Å². The third-order valence-corrected chi connectivity index (χ3v) is 2.34. The molecule has 17 heavy (non-hydrogen) atoms. The van der Waals surface area contributed by atoms with Crippen LogP contribution < -0.4 is 0 Å². The predicted octanol–water partition coefficient (Wildman–Crippen LogP) is 0.397. The van der Waals surface area contributed by atoms with Gasteiger partial charge in [0.25, 0.3) is 0 Å². The number of rotatable bonds is 3. The molecule has 90 valence electrons. The summed E-state index contributed by atoms with van der Waals surface area (Å²) in [4.78, 5) is 24.5. The highest BCUT2D eigenvalue weighted by atomic mass is 16.6. The molecular formula is C12H13NO4. The first-order valence-corrected chi connectivity index (χ1v) is 5.17. The van der Waals surface area contributed by atoms with Gasteiger partial charge in [0.15, 0.2) is 13.2 Å². The summed E-state index contributed by atoms with van der Waals surface area (Å²) in [6.45, 7) is 0.253. The topological polar surface area (TPSA) is 55.8 Å². The van der Waals surface area contributed by atoms with Gasteiger partial charge in [-0.25, -0.2) is 9.59 Å². The first-order chi connectivity index (χ1) is 8.20. The first kappa shape index (κ1) is 12.9. The van der Waals surface area contributed by atoms with Gasteiger partial charge in [0.2, 0.25) is 0 Å². The summed E-state index contributed by atoms with van der Waals surface area (Å²) >= 11 is 0. The van der Waals surface area contributed by atoms with Crippen molar-refractivity contribution in [3.63, 3.8) is 0 Å². The molecule has 0 N–H and O–H groups in total. The van der Waals surface area contributed by atoms with Crippen LogP contribution in [0.1, 0.15) is 12.8 Å². The summed E-state index contributed by atoms with van der Waals surface area (Å²) in [5.41, 5.74) is 0. The monoisotopic (exact) mass is 235 g/mol. The van der Waals surface area contributed by atoms with Crippen LogP contribution in [0.15, 0.2) is 0 Å². The van der Waals surface area contributed by atoms with Crippen molar-refractivity contribution in [2.75, 3.05) is 19.8 Å². The SMILES string of the molecule is C#CCOC(=O)C1CCCN1C(=O)OCC#C. The highest BCUT2D eigenvalue weighted by molar-refractivity contribution is 5.82. The van der Waals surface area contributed by atoms with E-state index in [1.807, 2.05) is 0 Å². The standard InChI is InChI=1S/C12H13NO4/c1-3-8-16-11(14)10-6-5-7-13(10)12(15)17-9-4-2/h1-2,10H,5-9H2. The maximum absolute atomic E-state index is 11.6. The molecule has 0 aromatic heterocycles. The molecule has 1 saturated heterocycles. The van der Waals surface area contributed by atoms with Gasteiger partial charge in [-0.3, -0.25) is 4.90 Å². The Labute approximate surface area is 100 Å². The van der Waals surface area contributed by atoms with E-state index in [0.29, 0.717) is 13.0 Å². The number of nitrogens with zero attached hydrogens (tertiary/aromatic N) is 1. The van der Waals surface area contributed by atoms with Crippen molar-refractivity contribution in [1.82, 2.24) is 4.90 Å². The number of hydrogen-bond donors (Lipinski definition) is 0. The third kappa shape index (κ3) is 3.42. The van der Waals surface area contributed by atoms with Crippen LogP contribution in [0.25, 0.3) is 0 Å². The minimum absolute atomic E-state index is 0.0947. The molecule has 0 spiro atoms. The summed E-state index contributed by atoms with van der Waals surface area (Å²) < 4.78 is 9.56. The van der Waals surface area contributed by atoms with E-state index >= 15 is 0 Å². The van der Waals surface area contributed by atoms with E-state index < -0.39 is 18.1 Å². The molecule has 1 aliphatic heterocycles. The van der Waals surface area contributed by atoms with Gasteiger partial charge in [0, 0.05) is 6.54 Å². The van der Waals surface area contributed by atoms with Crippen molar-refractivity contribution in [1.29, 1.82) is 0 Å². The normalized spacial score (nSPS) is 18.0. The maximum Gasteiger partial charge on any atom is 0.411 e. The lowest BCUT2D eigenvalue weighted by Gasteiger charge is -2.21. The molecular weight excluding hydrogens is 222 g/mol. The van der Waals surface area contributed by atoms with Crippen LogP contribution in [-0.4, -0.2) is 42.8 Å². The van der Waals surface area contributed by atoms with E-state index in [0.717, 1.165) is 6.42 Å². The highest BCUT2D eigenvalue weighted by Crippen LogP contribution is 2.19. The summed E-state index contributed by atoms with van der Waals surface area (Å²) in [6.07, 6.45) is 10.6. The number of terminal acetylenes is 2. The van der Waals surface area contributed by atoms with Crippen LogP contribution in [0.2, 0.25) is 0 Å². The minimum atomic E-state index is -0.617. The Kier molecular flexibility index (Phi) is 4.90. The molecule has 1 atom stereocenters. The summed E-state index contributed by atoms with van der Waals surface area (Å²) in [5.74, 6) is 3.88. The summed E-state index contributed by atoms with van der Waals surface area (Å²) in [6, 6.07) is -0.617. The highest BCUT2D eigenvalue weighted by Gasteiger charge is 2.36. The molecule has 0 bridgehead atoms. The smallest absolute Gasteiger partial charge is 0.411 e. The Hall–Kier alpha value is -2.14. The zero-order chi connectivity index (χ0) is 12.7. The van der Waals surface area contributed by atoms with Gasteiger partial charge in [0.1, 0.15) is 6.04 Å². The van der Waals surface area contributed by atoms with E-state index in [9.17, 15) is 9.59 Å². The number of hydrogen-bond acceptors (Lipinski definition) is 4. The number of ether oxygens (including phenoxy) is 2.